The molecule has 0 bridgehead atoms. The van der Waals surface area contributed by atoms with Crippen molar-refractivity contribution in [3.05, 3.63) is 29.8 Å². The van der Waals surface area contributed by atoms with Gasteiger partial charge >= 0.3 is 5.97 Å². The van der Waals surface area contributed by atoms with Gasteiger partial charge in [0.15, 0.2) is 11.6 Å². The third-order valence-corrected chi connectivity index (χ3v) is 2.71. The van der Waals surface area contributed by atoms with E-state index in [1.165, 1.54) is 6.07 Å². The zero-order valence-corrected chi connectivity index (χ0v) is 11.8. The van der Waals surface area contributed by atoms with Gasteiger partial charge in [-0.15, -0.1) is 0 Å². The Bertz CT molecular complexity index is 468. The lowest BCUT2D eigenvalue weighted by atomic mass is 10.0. The van der Waals surface area contributed by atoms with Gasteiger partial charge in [-0.25, -0.2) is 13.6 Å². The van der Waals surface area contributed by atoms with Crippen LogP contribution >= 0.6 is 0 Å². The van der Waals surface area contributed by atoms with Crippen LogP contribution in [-0.4, -0.2) is 31.3 Å². The molecular weight excluding hydrogens is 268 g/mol. The van der Waals surface area contributed by atoms with Gasteiger partial charge in [-0.2, -0.15) is 0 Å². The normalized spacial score (nSPS) is 13.7. The van der Waals surface area contributed by atoms with Crippen LogP contribution in [0.4, 0.5) is 8.78 Å². The molecule has 0 aliphatic carbocycles. The number of hydrogen-bond acceptors (Lipinski definition) is 4. The van der Waals surface area contributed by atoms with Gasteiger partial charge in [0, 0.05) is 6.07 Å². The number of likely N-dealkylation sites (N-methyl/N-ethyl adjacent to an activating group) is 1. The summed E-state index contributed by atoms with van der Waals surface area (Å²) in [5.41, 5.74) is -1.05. The zero-order valence-electron chi connectivity index (χ0n) is 11.8. The maximum atomic E-state index is 13.1. The molecule has 112 valence electrons. The fourth-order valence-electron chi connectivity index (χ4n) is 1.66. The highest BCUT2D eigenvalue weighted by atomic mass is 19.2. The van der Waals surface area contributed by atoms with Gasteiger partial charge < -0.3 is 9.47 Å². The topological polar surface area (TPSA) is 47.6 Å². The molecule has 0 aliphatic rings. The highest BCUT2D eigenvalue weighted by Gasteiger charge is 2.35. The van der Waals surface area contributed by atoms with Crippen LogP contribution in [0.5, 0.6) is 5.75 Å². The molecule has 4 nitrogen and oxygen atoms in total. The third kappa shape index (κ3) is 4.16. The molecule has 6 heteroatoms. The maximum absolute atomic E-state index is 13.1. The molecule has 0 saturated carbocycles. The molecule has 1 aromatic rings. The average molecular weight is 287 g/mol. The molecule has 0 aromatic heterocycles. The Kier molecular flexibility index (Phi) is 5.88. The lowest BCUT2D eigenvalue weighted by Crippen LogP contribution is -2.54. The molecule has 0 fully saturated rings. The van der Waals surface area contributed by atoms with E-state index in [1.807, 2.05) is 6.92 Å². The van der Waals surface area contributed by atoms with Crippen LogP contribution in [0.2, 0.25) is 0 Å². The number of carbonyl (C=O) groups excluding carboxylic acids is 1. The summed E-state index contributed by atoms with van der Waals surface area (Å²) >= 11 is 0. The Morgan fingerprint density at radius 1 is 1.30 bits per heavy atom. The van der Waals surface area contributed by atoms with Crippen molar-refractivity contribution in [1.29, 1.82) is 0 Å². The summed E-state index contributed by atoms with van der Waals surface area (Å²) in [6.45, 7) is 5.93. The molecule has 0 amide bonds. The summed E-state index contributed by atoms with van der Waals surface area (Å²) in [6, 6.07) is 3.21. The van der Waals surface area contributed by atoms with Gasteiger partial charge in [-0.3, -0.25) is 5.32 Å². The smallest absolute Gasteiger partial charge is 0.329 e. The Hall–Kier alpha value is -1.69. The number of nitrogens with one attached hydrogen (secondary N) is 1. The molecular formula is C14H19F2NO3. The minimum absolute atomic E-state index is 0.0508. The van der Waals surface area contributed by atoms with Crippen molar-refractivity contribution < 1.29 is 23.0 Å². The summed E-state index contributed by atoms with van der Waals surface area (Å²) in [6.07, 6.45) is 0. The van der Waals surface area contributed by atoms with Crippen LogP contribution in [0.1, 0.15) is 20.8 Å². The first-order valence-electron chi connectivity index (χ1n) is 6.43. The lowest BCUT2D eigenvalue weighted by molar-refractivity contribution is -0.151. The van der Waals surface area contributed by atoms with E-state index in [9.17, 15) is 13.6 Å². The van der Waals surface area contributed by atoms with Crippen molar-refractivity contribution in [2.45, 2.75) is 26.3 Å². The van der Waals surface area contributed by atoms with E-state index in [2.05, 4.69) is 5.32 Å². The first-order chi connectivity index (χ1) is 9.42. The number of benzene rings is 1. The van der Waals surface area contributed by atoms with Gasteiger partial charge in [0.1, 0.15) is 17.9 Å². The second-order valence-electron chi connectivity index (χ2n) is 4.45. The average Bonchev–Trinajstić information content (AvgIpc) is 2.41. The molecule has 1 N–H and O–H groups in total. The minimum atomic E-state index is -1.05. The predicted molar refractivity (Wildman–Crippen MR) is 70.6 cm³/mol. The van der Waals surface area contributed by atoms with E-state index >= 15 is 0 Å². The summed E-state index contributed by atoms with van der Waals surface area (Å²) in [5.74, 6) is -2.25. The van der Waals surface area contributed by atoms with Crippen LogP contribution < -0.4 is 10.1 Å². The van der Waals surface area contributed by atoms with E-state index < -0.39 is 23.1 Å². The van der Waals surface area contributed by atoms with Crippen molar-refractivity contribution in [3.63, 3.8) is 0 Å². The van der Waals surface area contributed by atoms with E-state index in [-0.39, 0.29) is 19.0 Å². The second kappa shape index (κ2) is 7.19. The summed E-state index contributed by atoms with van der Waals surface area (Å²) in [4.78, 5) is 11.9. The van der Waals surface area contributed by atoms with Crippen molar-refractivity contribution in [1.82, 2.24) is 5.32 Å². The Morgan fingerprint density at radius 2 is 2.00 bits per heavy atom. The van der Waals surface area contributed by atoms with Crippen LogP contribution in [-0.2, 0) is 9.53 Å². The van der Waals surface area contributed by atoms with Gasteiger partial charge in [-0.1, -0.05) is 6.92 Å². The SMILES string of the molecule is CCNC(C)(COc1ccc(F)c(F)c1)C(=O)OCC. The minimum Gasteiger partial charge on any atom is -0.491 e. The molecule has 0 saturated heterocycles. The fourth-order valence-corrected chi connectivity index (χ4v) is 1.66. The Balaban J connectivity index is 2.75. The number of hydrogen-bond donors (Lipinski definition) is 1. The molecule has 1 rings (SSSR count). The molecule has 1 aromatic carbocycles. The second-order valence-corrected chi connectivity index (χ2v) is 4.45. The summed E-state index contributed by atoms with van der Waals surface area (Å²) in [7, 11) is 0. The lowest BCUT2D eigenvalue weighted by Gasteiger charge is -2.27. The predicted octanol–water partition coefficient (Wildman–Crippen LogP) is 2.27. The van der Waals surface area contributed by atoms with Gasteiger partial charge in [0.2, 0.25) is 0 Å². The van der Waals surface area contributed by atoms with Gasteiger partial charge in [0.05, 0.1) is 6.61 Å². The van der Waals surface area contributed by atoms with Gasteiger partial charge in [0.25, 0.3) is 0 Å². The first-order valence-corrected chi connectivity index (χ1v) is 6.43. The standard InChI is InChI=1S/C14H19F2NO3/c1-4-17-14(3,13(18)19-5-2)9-20-10-6-7-11(15)12(16)8-10/h6-8,17H,4-5,9H2,1-3H3. The number of esters is 1. The first kappa shape index (κ1) is 16.4. The fraction of sp³-hybridized carbons (Fsp3) is 0.500. The maximum Gasteiger partial charge on any atom is 0.329 e. The monoisotopic (exact) mass is 287 g/mol. The molecule has 0 aliphatic heterocycles. The molecule has 0 spiro atoms. The van der Waals surface area contributed by atoms with Crippen LogP contribution in [0.3, 0.4) is 0 Å². The zero-order chi connectivity index (χ0) is 15.2. The van der Waals surface area contributed by atoms with Crippen LogP contribution in [0.15, 0.2) is 18.2 Å². The van der Waals surface area contributed by atoms with Crippen molar-refractivity contribution in [2.24, 2.45) is 0 Å². The Morgan fingerprint density at radius 3 is 2.55 bits per heavy atom. The van der Waals surface area contributed by atoms with E-state index in [4.69, 9.17) is 9.47 Å². The van der Waals surface area contributed by atoms with E-state index in [0.717, 1.165) is 12.1 Å². The Labute approximate surface area is 117 Å². The molecule has 20 heavy (non-hydrogen) atoms. The molecule has 1 atom stereocenters. The summed E-state index contributed by atoms with van der Waals surface area (Å²) in [5, 5.41) is 2.97. The number of ether oxygens (including phenoxy) is 2. The van der Waals surface area contributed by atoms with Crippen molar-refractivity contribution in [3.8, 4) is 5.75 Å². The number of halogens is 2. The van der Waals surface area contributed by atoms with Crippen molar-refractivity contribution >= 4 is 5.97 Å². The highest BCUT2D eigenvalue weighted by molar-refractivity contribution is 5.80. The molecule has 0 radical (unpaired) electrons. The van der Waals surface area contributed by atoms with Gasteiger partial charge in [-0.05, 0) is 32.5 Å². The molecule has 0 heterocycles. The molecule has 1 unspecified atom stereocenters. The van der Waals surface area contributed by atoms with Crippen LogP contribution in [0.25, 0.3) is 0 Å². The number of rotatable bonds is 7. The van der Waals surface area contributed by atoms with E-state index in [1.54, 1.807) is 13.8 Å². The quantitative estimate of drug-likeness (QED) is 0.782. The number of carbonyl (C=O) groups is 1. The highest BCUT2D eigenvalue weighted by Crippen LogP contribution is 2.17. The van der Waals surface area contributed by atoms with Crippen LogP contribution in [0, 0.1) is 11.6 Å². The largest absolute Gasteiger partial charge is 0.491 e. The van der Waals surface area contributed by atoms with E-state index in [0.29, 0.717) is 6.54 Å². The summed E-state index contributed by atoms with van der Waals surface area (Å²) < 4.78 is 36.2. The third-order valence-electron chi connectivity index (χ3n) is 2.71. The van der Waals surface area contributed by atoms with Crippen molar-refractivity contribution in [2.75, 3.05) is 19.8 Å².